The molecular formula is C19H15Cl2N3O4. The second-order valence-electron chi connectivity index (χ2n) is 6.33. The molecule has 144 valence electrons. The number of fused-ring (bicyclic) bond motifs is 1. The third-order valence-corrected chi connectivity index (χ3v) is 5.06. The highest BCUT2D eigenvalue weighted by atomic mass is 35.5. The van der Waals surface area contributed by atoms with Gasteiger partial charge in [0.05, 0.1) is 35.4 Å². The molecule has 4 rings (SSSR count). The molecule has 1 aromatic heterocycles. The zero-order valence-corrected chi connectivity index (χ0v) is 16.1. The Morgan fingerprint density at radius 1 is 1.00 bits per heavy atom. The lowest BCUT2D eigenvalue weighted by atomic mass is 10.1. The largest absolute Gasteiger partial charge is 0.378 e. The first-order valence-corrected chi connectivity index (χ1v) is 9.33. The van der Waals surface area contributed by atoms with Gasteiger partial charge in [0.2, 0.25) is 0 Å². The zero-order valence-electron chi connectivity index (χ0n) is 14.6. The van der Waals surface area contributed by atoms with Crippen LogP contribution in [-0.4, -0.2) is 46.7 Å². The van der Waals surface area contributed by atoms with E-state index in [-0.39, 0.29) is 22.5 Å². The van der Waals surface area contributed by atoms with Gasteiger partial charge in [-0.1, -0.05) is 23.2 Å². The van der Waals surface area contributed by atoms with Crippen LogP contribution in [0.25, 0.3) is 16.6 Å². The summed E-state index contributed by atoms with van der Waals surface area (Å²) in [4.78, 5) is 43.0. The summed E-state index contributed by atoms with van der Waals surface area (Å²) in [5, 5.41) is 0.935. The average molecular weight is 420 g/mol. The van der Waals surface area contributed by atoms with Crippen LogP contribution in [0.15, 0.2) is 46.0 Å². The van der Waals surface area contributed by atoms with E-state index in [0.29, 0.717) is 41.9 Å². The number of hydrogen-bond acceptors (Lipinski definition) is 4. The molecule has 1 amide bonds. The maximum Gasteiger partial charge on any atom is 0.333 e. The fraction of sp³-hybridized carbons (Fsp3) is 0.211. The monoisotopic (exact) mass is 419 g/mol. The lowest BCUT2D eigenvalue weighted by Gasteiger charge is -2.27. The van der Waals surface area contributed by atoms with Crippen LogP contribution in [0.5, 0.6) is 0 Å². The molecule has 1 N–H and O–H groups in total. The molecule has 1 aliphatic rings. The minimum atomic E-state index is -0.654. The first kappa shape index (κ1) is 18.7. The van der Waals surface area contributed by atoms with Crippen molar-refractivity contribution in [2.45, 2.75) is 0 Å². The third-order valence-electron chi connectivity index (χ3n) is 4.59. The van der Waals surface area contributed by atoms with E-state index in [4.69, 9.17) is 27.9 Å². The topological polar surface area (TPSA) is 84.4 Å². The predicted octanol–water partition coefficient (Wildman–Crippen LogP) is 2.46. The fourth-order valence-electron chi connectivity index (χ4n) is 3.22. The first-order chi connectivity index (χ1) is 13.5. The molecule has 9 heteroatoms. The van der Waals surface area contributed by atoms with Crippen LogP contribution in [0.3, 0.4) is 0 Å². The van der Waals surface area contributed by atoms with Crippen LogP contribution in [-0.2, 0) is 4.74 Å². The number of nitrogens with zero attached hydrogens (tertiary/aromatic N) is 2. The van der Waals surface area contributed by atoms with Crippen molar-refractivity contribution in [1.82, 2.24) is 14.5 Å². The van der Waals surface area contributed by atoms with E-state index in [1.54, 1.807) is 17.0 Å². The number of aromatic amines is 1. The SMILES string of the molecule is O=C(c1cc(Cl)ccc1-n1c(=O)[nH]c2ccc(Cl)cc2c1=O)N1CCOCC1. The van der Waals surface area contributed by atoms with Crippen LogP contribution >= 0.6 is 23.2 Å². The Labute approximate surface area is 169 Å². The molecule has 2 aromatic carbocycles. The maximum absolute atomic E-state index is 13.0. The van der Waals surface area contributed by atoms with Gasteiger partial charge in [0, 0.05) is 23.1 Å². The van der Waals surface area contributed by atoms with Crippen molar-refractivity contribution in [3.8, 4) is 5.69 Å². The molecule has 1 saturated heterocycles. The summed E-state index contributed by atoms with van der Waals surface area (Å²) in [6.07, 6.45) is 0. The molecule has 0 atom stereocenters. The molecule has 28 heavy (non-hydrogen) atoms. The molecule has 7 nitrogen and oxygen atoms in total. The van der Waals surface area contributed by atoms with E-state index in [1.807, 2.05) is 0 Å². The molecular weight excluding hydrogens is 405 g/mol. The Hall–Kier alpha value is -2.61. The van der Waals surface area contributed by atoms with Gasteiger partial charge in [0.1, 0.15) is 0 Å². The van der Waals surface area contributed by atoms with E-state index in [9.17, 15) is 14.4 Å². The minimum Gasteiger partial charge on any atom is -0.378 e. The van der Waals surface area contributed by atoms with Crippen LogP contribution in [0.4, 0.5) is 0 Å². The normalized spacial score (nSPS) is 14.4. The number of amides is 1. The van der Waals surface area contributed by atoms with E-state index in [2.05, 4.69) is 4.98 Å². The van der Waals surface area contributed by atoms with Crippen LogP contribution in [0.1, 0.15) is 10.4 Å². The molecule has 1 aliphatic heterocycles. The number of carbonyl (C=O) groups excluding carboxylic acids is 1. The summed E-state index contributed by atoms with van der Waals surface area (Å²) < 4.78 is 6.21. The number of nitrogens with one attached hydrogen (secondary N) is 1. The van der Waals surface area contributed by atoms with Gasteiger partial charge in [0.15, 0.2) is 0 Å². The molecule has 0 spiro atoms. The van der Waals surface area contributed by atoms with Gasteiger partial charge in [-0.2, -0.15) is 0 Å². The molecule has 0 saturated carbocycles. The van der Waals surface area contributed by atoms with Gasteiger partial charge in [-0.15, -0.1) is 0 Å². The number of ether oxygens (including phenoxy) is 1. The summed E-state index contributed by atoms with van der Waals surface area (Å²) in [6.45, 7) is 1.69. The number of benzene rings is 2. The minimum absolute atomic E-state index is 0.161. The fourth-order valence-corrected chi connectivity index (χ4v) is 3.56. The van der Waals surface area contributed by atoms with Crippen LogP contribution in [0.2, 0.25) is 10.0 Å². The summed E-state index contributed by atoms with van der Waals surface area (Å²) in [7, 11) is 0. The average Bonchev–Trinajstić information content (AvgIpc) is 2.70. The van der Waals surface area contributed by atoms with E-state index >= 15 is 0 Å². The lowest BCUT2D eigenvalue weighted by Crippen LogP contribution is -2.42. The smallest absolute Gasteiger partial charge is 0.333 e. The Bertz CT molecular complexity index is 1200. The van der Waals surface area contributed by atoms with Crippen molar-refractivity contribution in [2.75, 3.05) is 26.3 Å². The zero-order chi connectivity index (χ0) is 19.8. The van der Waals surface area contributed by atoms with E-state index in [0.717, 1.165) is 4.57 Å². The van der Waals surface area contributed by atoms with E-state index < -0.39 is 11.2 Å². The summed E-state index contributed by atoms with van der Waals surface area (Å²) in [6, 6.07) is 9.10. The number of halogens is 2. The van der Waals surface area contributed by atoms with Gasteiger partial charge in [-0.25, -0.2) is 9.36 Å². The van der Waals surface area contributed by atoms with Crippen molar-refractivity contribution >= 4 is 40.0 Å². The number of H-pyrrole nitrogens is 1. The summed E-state index contributed by atoms with van der Waals surface area (Å²) in [5.74, 6) is -0.321. The van der Waals surface area contributed by atoms with Gasteiger partial charge < -0.3 is 14.6 Å². The quantitative estimate of drug-likeness (QED) is 0.691. The maximum atomic E-state index is 13.0. The number of rotatable bonds is 2. The molecule has 0 unspecified atom stereocenters. The van der Waals surface area contributed by atoms with Crippen molar-refractivity contribution in [2.24, 2.45) is 0 Å². The standard InChI is InChI=1S/C19H15Cl2N3O4/c20-11-1-3-15-13(9-11)18(26)24(19(27)22-15)16-4-2-12(21)10-14(16)17(25)23-5-7-28-8-6-23/h1-4,9-10H,5-8H2,(H,22,27). The Morgan fingerprint density at radius 2 is 1.68 bits per heavy atom. The highest BCUT2D eigenvalue weighted by Crippen LogP contribution is 2.21. The molecule has 1 fully saturated rings. The van der Waals surface area contributed by atoms with Gasteiger partial charge in [0.25, 0.3) is 11.5 Å². The molecule has 3 aromatic rings. The van der Waals surface area contributed by atoms with Crippen LogP contribution in [0, 0.1) is 0 Å². The van der Waals surface area contributed by atoms with Crippen molar-refractivity contribution in [1.29, 1.82) is 0 Å². The number of aromatic nitrogens is 2. The van der Waals surface area contributed by atoms with Crippen molar-refractivity contribution < 1.29 is 9.53 Å². The molecule has 2 heterocycles. The predicted molar refractivity (Wildman–Crippen MR) is 107 cm³/mol. The second kappa shape index (κ2) is 7.43. The van der Waals surface area contributed by atoms with Gasteiger partial charge in [-0.05, 0) is 36.4 Å². The molecule has 0 aliphatic carbocycles. The first-order valence-electron chi connectivity index (χ1n) is 8.57. The summed E-state index contributed by atoms with van der Waals surface area (Å²) >= 11 is 12.1. The Morgan fingerprint density at radius 3 is 2.43 bits per heavy atom. The second-order valence-corrected chi connectivity index (χ2v) is 7.20. The van der Waals surface area contributed by atoms with Crippen molar-refractivity contribution in [3.05, 3.63) is 72.8 Å². The van der Waals surface area contributed by atoms with Gasteiger partial charge in [-0.3, -0.25) is 9.59 Å². The lowest BCUT2D eigenvalue weighted by molar-refractivity contribution is 0.0303. The summed E-state index contributed by atoms with van der Waals surface area (Å²) in [5.41, 5.74) is -0.527. The highest BCUT2D eigenvalue weighted by Gasteiger charge is 2.24. The van der Waals surface area contributed by atoms with E-state index in [1.165, 1.54) is 24.3 Å². The molecule has 0 radical (unpaired) electrons. The Kier molecular flexibility index (Phi) is 4.97. The molecule has 0 bridgehead atoms. The number of carbonyl (C=O) groups is 1. The Balaban J connectivity index is 1.94. The number of morpholine rings is 1. The van der Waals surface area contributed by atoms with Crippen molar-refractivity contribution in [3.63, 3.8) is 0 Å². The van der Waals surface area contributed by atoms with Gasteiger partial charge >= 0.3 is 5.69 Å². The third kappa shape index (κ3) is 3.32. The highest BCUT2D eigenvalue weighted by molar-refractivity contribution is 6.31. The number of hydrogen-bond donors (Lipinski definition) is 1. The van der Waals surface area contributed by atoms with Crippen LogP contribution < -0.4 is 11.2 Å².